The summed E-state index contributed by atoms with van der Waals surface area (Å²) in [4.78, 5) is 35.6. The maximum Gasteiger partial charge on any atom is 0.410 e. The van der Waals surface area contributed by atoms with Gasteiger partial charge in [-0.05, 0) is 32.9 Å². The first kappa shape index (κ1) is 17.1. The van der Waals surface area contributed by atoms with E-state index in [1.54, 1.807) is 17.0 Å². The Morgan fingerprint density at radius 1 is 1.16 bits per heavy atom. The van der Waals surface area contributed by atoms with E-state index in [0.717, 1.165) is 23.0 Å². The average Bonchev–Trinajstić information content (AvgIpc) is 2.59. The van der Waals surface area contributed by atoms with Crippen LogP contribution in [0.15, 0.2) is 24.5 Å². The van der Waals surface area contributed by atoms with E-state index in [1.165, 1.54) is 6.33 Å². The van der Waals surface area contributed by atoms with Gasteiger partial charge in [-0.25, -0.2) is 14.8 Å². The number of piperazine rings is 1. The molecule has 0 unspecified atom stereocenters. The Balaban J connectivity index is 1.74. The second-order valence-corrected chi connectivity index (χ2v) is 7.05. The Labute approximate surface area is 146 Å². The average molecular weight is 342 g/mol. The zero-order valence-electron chi connectivity index (χ0n) is 14.7. The molecule has 7 nitrogen and oxygen atoms in total. The predicted molar refractivity (Wildman–Crippen MR) is 94.9 cm³/mol. The maximum absolute atomic E-state index is 12.2. The molecule has 1 saturated heterocycles. The second kappa shape index (κ2) is 6.66. The van der Waals surface area contributed by atoms with Crippen molar-refractivity contribution in [1.82, 2.24) is 14.9 Å². The van der Waals surface area contributed by atoms with Gasteiger partial charge in [0.15, 0.2) is 0 Å². The molecular formula is C18H22N4O3. The normalized spacial score (nSPS) is 15.3. The van der Waals surface area contributed by atoms with Gasteiger partial charge in [-0.15, -0.1) is 0 Å². The van der Waals surface area contributed by atoms with E-state index in [1.807, 2.05) is 26.8 Å². The number of amides is 1. The number of hydrogen-bond acceptors (Lipinski definition) is 6. The Morgan fingerprint density at radius 2 is 1.88 bits per heavy atom. The molecule has 1 aromatic carbocycles. The van der Waals surface area contributed by atoms with Crippen LogP contribution >= 0.6 is 0 Å². The Kier molecular flexibility index (Phi) is 4.57. The molecule has 1 fully saturated rings. The predicted octanol–water partition coefficient (Wildman–Crippen LogP) is 2.50. The molecule has 2 heterocycles. The zero-order chi connectivity index (χ0) is 18.0. The minimum atomic E-state index is -0.493. The van der Waals surface area contributed by atoms with Gasteiger partial charge in [-0.3, -0.25) is 4.79 Å². The molecule has 0 aliphatic carbocycles. The summed E-state index contributed by atoms with van der Waals surface area (Å²) < 4.78 is 5.42. The smallest absolute Gasteiger partial charge is 0.410 e. The number of benzene rings is 1. The zero-order valence-corrected chi connectivity index (χ0v) is 14.7. The molecule has 1 aliphatic rings. The maximum atomic E-state index is 12.2. The number of hydrogen-bond donors (Lipinski definition) is 0. The second-order valence-electron chi connectivity index (χ2n) is 7.05. The fourth-order valence-corrected chi connectivity index (χ4v) is 2.81. The molecule has 0 N–H and O–H groups in total. The fourth-order valence-electron chi connectivity index (χ4n) is 2.81. The summed E-state index contributed by atoms with van der Waals surface area (Å²) in [6.07, 6.45) is 2.03. The quantitative estimate of drug-likeness (QED) is 0.781. The van der Waals surface area contributed by atoms with Crippen molar-refractivity contribution < 1.29 is 14.3 Å². The van der Waals surface area contributed by atoms with Gasteiger partial charge in [0, 0.05) is 37.1 Å². The lowest BCUT2D eigenvalue weighted by atomic mass is 10.1. The lowest BCUT2D eigenvalue weighted by Gasteiger charge is -2.36. The number of nitrogens with zero attached hydrogens (tertiary/aromatic N) is 4. The number of rotatable bonds is 2. The van der Waals surface area contributed by atoms with Crippen LogP contribution in [0.3, 0.4) is 0 Å². The van der Waals surface area contributed by atoms with E-state index < -0.39 is 5.60 Å². The van der Waals surface area contributed by atoms with Crippen molar-refractivity contribution in [2.45, 2.75) is 26.4 Å². The van der Waals surface area contributed by atoms with E-state index in [-0.39, 0.29) is 6.09 Å². The Hall–Kier alpha value is -2.70. The summed E-state index contributed by atoms with van der Waals surface area (Å²) in [6.45, 7) is 8.08. The number of aldehydes is 1. The minimum absolute atomic E-state index is 0.282. The summed E-state index contributed by atoms with van der Waals surface area (Å²) in [5.41, 5.74) is 0.837. The van der Waals surface area contributed by atoms with Crippen LogP contribution in [0.25, 0.3) is 10.9 Å². The molecule has 2 aromatic rings. The molecule has 0 saturated carbocycles. The van der Waals surface area contributed by atoms with E-state index in [9.17, 15) is 9.59 Å². The molecule has 1 amide bonds. The third-order valence-electron chi connectivity index (χ3n) is 4.01. The lowest BCUT2D eigenvalue weighted by molar-refractivity contribution is 0.0240. The minimum Gasteiger partial charge on any atom is -0.444 e. The molecule has 25 heavy (non-hydrogen) atoms. The number of ether oxygens (including phenoxy) is 1. The molecule has 0 bridgehead atoms. The van der Waals surface area contributed by atoms with Crippen molar-refractivity contribution >= 4 is 29.1 Å². The van der Waals surface area contributed by atoms with Gasteiger partial charge < -0.3 is 14.5 Å². The van der Waals surface area contributed by atoms with Gasteiger partial charge in [0.25, 0.3) is 0 Å². The van der Waals surface area contributed by atoms with E-state index in [4.69, 9.17) is 4.74 Å². The van der Waals surface area contributed by atoms with Crippen molar-refractivity contribution in [3.05, 3.63) is 30.1 Å². The van der Waals surface area contributed by atoms with Gasteiger partial charge >= 0.3 is 6.09 Å². The summed E-state index contributed by atoms with van der Waals surface area (Å²) in [6, 6.07) is 5.39. The molecule has 132 valence electrons. The van der Waals surface area contributed by atoms with Crippen LogP contribution in [-0.4, -0.2) is 59.0 Å². The van der Waals surface area contributed by atoms with Gasteiger partial charge in [0.05, 0.1) is 5.52 Å². The van der Waals surface area contributed by atoms with Crippen LogP contribution in [0, 0.1) is 0 Å². The first-order valence-corrected chi connectivity index (χ1v) is 8.30. The largest absolute Gasteiger partial charge is 0.444 e. The summed E-state index contributed by atoms with van der Waals surface area (Å²) in [5, 5.41) is 0.902. The third kappa shape index (κ3) is 3.87. The van der Waals surface area contributed by atoms with Crippen LogP contribution < -0.4 is 4.90 Å². The highest BCUT2D eigenvalue weighted by Crippen LogP contribution is 2.24. The Morgan fingerprint density at radius 3 is 2.52 bits per heavy atom. The first-order chi connectivity index (χ1) is 11.9. The molecule has 0 atom stereocenters. The number of carbonyl (C=O) groups excluding carboxylic acids is 2. The molecule has 7 heteroatoms. The number of fused-ring (bicyclic) bond motifs is 1. The monoisotopic (exact) mass is 342 g/mol. The number of carbonyl (C=O) groups is 2. The lowest BCUT2D eigenvalue weighted by Crippen LogP contribution is -2.50. The highest BCUT2D eigenvalue weighted by Gasteiger charge is 2.26. The van der Waals surface area contributed by atoms with Crippen molar-refractivity contribution in [2.24, 2.45) is 0 Å². The van der Waals surface area contributed by atoms with Crippen molar-refractivity contribution in [3.63, 3.8) is 0 Å². The molecule has 1 aliphatic heterocycles. The highest BCUT2D eigenvalue weighted by molar-refractivity contribution is 5.93. The van der Waals surface area contributed by atoms with Crippen LogP contribution in [0.2, 0.25) is 0 Å². The third-order valence-corrected chi connectivity index (χ3v) is 4.01. The van der Waals surface area contributed by atoms with Gasteiger partial charge in [0.1, 0.15) is 24.0 Å². The summed E-state index contributed by atoms with van der Waals surface area (Å²) in [5.74, 6) is 0.825. The molecule has 0 spiro atoms. The topological polar surface area (TPSA) is 75.6 Å². The van der Waals surface area contributed by atoms with Crippen LogP contribution in [0.5, 0.6) is 0 Å². The summed E-state index contributed by atoms with van der Waals surface area (Å²) >= 11 is 0. The van der Waals surface area contributed by atoms with E-state index in [0.29, 0.717) is 31.7 Å². The first-order valence-electron chi connectivity index (χ1n) is 8.30. The SMILES string of the molecule is CC(C)(C)OC(=O)N1CCN(c2ncnc3cc(C=O)ccc23)CC1. The van der Waals surface area contributed by atoms with Crippen LogP contribution in [0.4, 0.5) is 10.6 Å². The van der Waals surface area contributed by atoms with E-state index in [2.05, 4.69) is 14.9 Å². The van der Waals surface area contributed by atoms with Gasteiger partial charge in [-0.2, -0.15) is 0 Å². The fraction of sp³-hybridized carbons (Fsp3) is 0.444. The van der Waals surface area contributed by atoms with Crippen molar-refractivity contribution in [3.8, 4) is 0 Å². The van der Waals surface area contributed by atoms with Crippen LogP contribution in [0.1, 0.15) is 31.1 Å². The van der Waals surface area contributed by atoms with Crippen LogP contribution in [-0.2, 0) is 4.74 Å². The Bertz CT molecular complexity index is 792. The highest BCUT2D eigenvalue weighted by atomic mass is 16.6. The molecule has 0 radical (unpaired) electrons. The molecule has 1 aromatic heterocycles. The number of anilines is 1. The molecule has 3 rings (SSSR count). The number of aromatic nitrogens is 2. The van der Waals surface area contributed by atoms with Crippen molar-refractivity contribution in [1.29, 1.82) is 0 Å². The van der Waals surface area contributed by atoms with Crippen molar-refractivity contribution in [2.75, 3.05) is 31.1 Å². The van der Waals surface area contributed by atoms with Gasteiger partial charge in [-0.1, -0.05) is 6.07 Å². The van der Waals surface area contributed by atoms with Gasteiger partial charge in [0.2, 0.25) is 0 Å². The summed E-state index contributed by atoms with van der Waals surface area (Å²) in [7, 11) is 0. The standard InChI is InChI=1S/C18H22N4O3/c1-18(2,3)25-17(24)22-8-6-21(7-9-22)16-14-5-4-13(11-23)10-15(14)19-12-20-16/h4-5,10-12H,6-9H2,1-3H3. The van der Waals surface area contributed by atoms with E-state index >= 15 is 0 Å². The molecular weight excluding hydrogens is 320 g/mol.